The van der Waals surface area contributed by atoms with E-state index >= 15 is 0 Å². The molecule has 0 unspecified atom stereocenters. The summed E-state index contributed by atoms with van der Waals surface area (Å²) in [6, 6.07) is 6.44. The van der Waals surface area contributed by atoms with E-state index in [2.05, 4.69) is 21.9 Å². The van der Waals surface area contributed by atoms with Crippen molar-refractivity contribution in [2.24, 2.45) is 5.92 Å². The van der Waals surface area contributed by atoms with Gasteiger partial charge in [0.05, 0.1) is 10.9 Å². The largest absolute Gasteiger partial charge is 0.492 e. The van der Waals surface area contributed by atoms with Crippen molar-refractivity contribution in [1.29, 1.82) is 0 Å². The summed E-state index contributed by atoms with van der Waals surface area (Å²) in [5.41, 5.74) is 0.978. The van der Waals surface area contributed by atoms with Crippen molar-refractivity contribution in [1.82, 2.24) is 19.5 Å². The number of hydrogen-bond acceptors (Lipinski definition) is 5. The number of aromatic nitrogens is 3. The van der Waals surface area contributed by atoms with Crippen molar-refractivity contribution < 1.29 is 9.50 Å². The molecular formula is C17H19FN4OS. The van der Waals surface area contributed by atoms with Gasteiger partial charge in [-0.1, -0.05) is 30.4 Å². The van der Waals surface area contributed by atoms with E-state index in [1.165, 1.54) is 34.3 Å². The fraction of sp³-hybridized carbons (Fsp3) is 0.412. The van der Waals surface area contributed by atoms with Crippen LogP contribution in [0.25, 0.3) is 4.96 Å². The molecule has 1 aliphatic rings. The number of piperidine rings is 1. The highest BCUT2D eigenvalue weighted by atomic mass is 32.1. The minimum Gasteiger partial charge on any atom is -0.492 e. The summed E-state index contributed by atoms with van der Waals surface area (Å²) in [6.07, 6.45) is 3.68. The maximum atomic E-state index is 13.4. The molecule has 1 atom stereocenters. The molecule has 126 valence electrons. The molecule has 0 bridgehead atoms. The summed E-state index contributed by atoms with van der Waals surface area (Å²) in [5.74, 6) is 0.586. The first kappa shape index (κ1) is 15.5. The Balaban J connectivity index is 1.78. The summed E-state index contributed by atoms with van der Waals surface area (Å²) in [7, 11) is 0. The van der Waals surface area contributed by atoms with Crippen LogP contribution in [-0.4, -0.2) is 37.7 Å². The number of benzene rings is 1. The minimum absolute atomic E-state index is 0.105. The quantitative estimate of drug-likeness (QED) is 0.789. The monoisotopic (exact) mass is 346 g/mol. The van der Waals surface area contributed by atoms with E-state index in [-0.39, 0.29) is 17.7 Å². The van der Waals surface area contributed by atoms with Crippen LogP contribution >= 0.6 is 11.3 Å². The third kappa shape index (κ3) is 2.67. The summed E-state index contributed by atoms with van der Waals surface area (Å²) in [6.45, 7) is 4.18. The van der Waals surface area contributed by atoms with Gasteiger partial charge < -0.3 is 5.11 Å². The molecule has 5 nitrogen and oxygen atoms in total. The number of hydrogen-bond donors (Lipinski definition) is 1. The standard InChI is InChI=1S/C17H19FN4OS/c1-11-6-8-21(9-7-11)14(12-2-4-13(18)5-3-12)15-16(23)22-17(24-15)19-10-20-22/h2-5,10-11,14,23H,6-9H2,1H3/t14-/m1/s1. The van der Waals surface area contributed by atoms with Crippen LogP contribution in [0.4, 0.5) is 4.39 Å². The van der Waals surface area contributed by atoms with Crippen LogP contribution < -0.4 is 0 Å². The van der Waals surface area contributed by atoms with Crippen LogP contribution in [0.1, 0.15) is 36.2 Å². The summed E-state index contributed by atoms with van der Waals surface area (Å²) >= 11 is 1.44. The smallest absolute Gasteiger partial charge is 0.230 e. The van der Waals surface area contributed by atoms with Gasteiger partial charge in [0.15, 0.2) is 0 Å². The molecule has 1 fully saturated rings. The SMILES string of the molecule is CC1CCN([C@H](c2ccc(F)cc2)c2sc3ncnn3c2O)CC1. The number of nitrogens with zero attached hydrogens (tertiary/aromatic N) is 4. The second-order valence-corrected chi connectivity index (χ2v) is 7.43. The number of aromatic hydroxyl groups is 1. The van der Waals surface area contributed by atoms with E-state index < -0.39 is 0 Å². The second-order valence-electron chi connectivity index (χ2n) is 6.42. The van der Waals surface area contributed by atoms with Crippen molar-refractivity contribution in [2.75, 3.05) is 13.1 Å². The van der Waals surface area contributed by atoms with Gasteiger partial charge in [0.1, 0.15) is 12.1 Å². The minimum atomic E-state index is -0.253. The lowest BCUT2D eigenvalue weighted by Crippen LogP contribution is -2.36. The van der Waals surface area contributed by atoms with Gasteiger partial charge in [-0.25, -0.2) is 9.37 Å². The van der Waals surface area contributed by atoms with Gasteiger partial charge in [0.25, 0.3) is 0 Å². The molecular weight excluding hydrogens is 327 g/mol. The van der Waals surface area contributed by atoms with Crippen molar-refractivity contribution in [2.45, 2.75) is 25.8 Å². The summed E-state index contributed by atoms with van der Waals surface area (Å²) in [4.78, 5) is 8.02. The molecule has 2 aromatic heterocycles. The molecule has 4 rings (SSSR count). The molecule has 1 saturated heterocycles. The first-order valence-electron chi connectivity index (χ1n) is 8.14. The van der Waals surface area contributed by atoms with Crippen LogP contribution in [0.2, 0.25) is 0 Å². The predicted octanol–water partition coefficient (Wildman–Crippen LogP) is 3.46. The van der Waals surface area contributed by atoms with Gasteiger partial charge in [0.2, 0.25) is 10.8 Å². The highest BCUT2D eigenvalue weighted by Gasteiger charge is 2.31. The highest BCUT2D eigenvalue weighted by Crippen LogP contribution is 2.40. The molecule has 7 heteroatoms. The van der Waals surface area contributed by atoms with Crippen LogP contribution in [0.3, 0.4) is 0 Å². The van der Waals surface area contributed by atoms with E-state index in [9.17, 15) is 9.50 Å². The molecule has 0 saturated carbocycles. The lowest BCUT2D eigenvalue weighted by molar-refractivity contribution is 0.157. The maximum absolute atomic E-state index is 13.4. The zero-order chi connectivity index (χ0) is 16.7. The van der Waals surface area contributed by atoms with Crippen LogP contribution in [0.5, 0.6) is 5.88 Å². The Labute approximate surface area is 143 Å². The lowest BCUT2D eigenvalue weighted by Gasteiger charge is -2.36. The molecule has 1 aromatic carbocycles. The lowest BCUT2D eigenvalue weighted by atomic mass is 9.95. The van der Waals surface area contributed by atoms with Crippen molar-refractivity contribution >= 4 is 16.3 Å². The van der Waals surface area contributed by atoms with Crippen molar-refractivity contribution in [3.05, 3.63) is 46.9 Å². The van der Waals surface area contributed by atoms with Crippen molar-refractivity contribution in [3.63, 3.8) is 0 Å². The Bertz CT molecular complexity index is 836. The topological polar surface area (TPSA) is 53.7 Å². The molecule has 0 aliphatic carbocycles. The fourth-order valence-electron chi connectivity index (χ4n) is 3.33. The fourth-order valence-corrected chi connectivity index (χ4v) is 4.42. The molecule has 0 radical (unpaired) electrons. The van der Waals surface area contributed by atoms with E-state index in [4.69, 9.17) is 0 Å². The summed E-state index contributed by atoms with van der Waals surface area (Å²) in [5, 5.41) is 14.7. The van der Waals surface area contributed by atoms with Gasteiger partial charge in [-0.3, -0.25) is 4.90 Å². The molecule has 0 amide bonds. The Hall–Kier alpha value is -1.99. The van der Waals surface area contributed by atoms with Crippen LogP contribution in [-0.2, 0) is 0 Å². The average molecular weight is 346 g/mol. The third-order valence-corrected chi connectivity index (χ3v) is 5.84. The zero-order valence-corrected chi connectivity index (χ0v) is 14.2. The second kappa shape index (κ2) is 6.14. The van der Waals surface area contributed by atoms with Crippen LogP contribution in [0, 0.1) is 11.7 Å². The third-order valence-electron chi connectivity index (χ3n) is 4.76. The Morgan fingerprint density at radius 2 is 1.96 bits per heavy atom. The molecule has 24 heavy (non-hydrogen) atoms. The number of fused-ring (bicyclic) bond motifs is 1. The summed E-state index contributed by atoms with van der Waals surface area (Å²) < 4.78 is 14.8. The van der Waals surface area contributed by atoms with E-state index in [1.807, 2.05) is 0 Å². The first-order chi connectivity index (χ1) is 11.6. The van der Waals surface area contributed by atoms with Gasteiger partial charge >= 0.3 is 0 Å². The van der Waals surface area contributed by atoms with Gasteiger partial charge in [0, 0.05) is 0 Å². The first-order valence-corrected chi connectivity index (χ1v) is 8.96. The average Bonchev–Trinajstić information content (AvgIpc) is 3.15. The van der Waals surface area contributed by atoms with E-state index in [0.29, 0.717) is 10.9 Å². The Morgan fingerprint density at radius 3 is 2.62 bits per heavy atom. The predicted molar refractivity (Wildman–Crippen MR) is 90.7 cm³/mol. The molecule has 1 aliphatic heterocycles. The zero-order valence-electron chi connectivity index (χ0n) is 13.4. The molecule has 3 heterocycles. The van der Waals surface area contributed by atoms with Gasteiger partial charge in [-0.05, 0) is 49.5 Å². The van der Waals surface area contributed by atoms with Crippen molar-refractivity contribution in [3.8, 4) is 5.88 Å². The van der Waals surface area contributed by atoms with E-state index in [1.54, 1.807) is 12.1 Å². The number of thiazole rings is 1. The van der Waals surface area contributed by atoms with Crippen LogP contribution in [0.15, 0.2) is 30.6 Å². The number of rotatable bonds is 3. The maximum Gasteiger partial charge on any atom is 0.230 e. The van der Waals surface area contributed by atoms with Gasteiger partial charge in [-0.2, -0.15) is 9.61 Å². The Morgan fingerprint density at radius 1 is 1.25 bits per heavy atom. The van der Waals surface area contributed by atoms with E-state index in [0.717, 1.165) is 36.4 Å². The molecule has 1 N–H and O–H groups in total. The molecule has 0 spiro atoms. The Kier molecular flexibility index (Phi) is 3.97. The normalized spacial score (nSPS) is 18.2. The van der Waals surface area contributed by atoms with Gasteiger partial charge in [-0.15, -0.1) is 0 Å². The highest BCUT2D eigenvalue weighted by molar-refractivity contribution is 7.17. The number of likely N-dealkylation sites (tertiary alicyclic amines) is 1. The number of halogens is 1. The molecule has 3 aromatic rings.